The molecule has 0 unspecified atom stereocenters. The standard InChI is InChI=1S/C45H29N3S/c1-3-13-31(14-4-1)35-17-7-9-20-38(35)44-46-43(47-45(48-44)39-21-10-8-18-36(39)32-15-5-2-6-16-32)33-25-23-30(24-26-33)34-27-28-42-40(29-34)37-19-11-12-22-41(37)49-42/h1-29H. The van der Waals surface area contributed by atoms with Gasteiger partial charge in [0.05, 0.1) is 0 Å². The van der Waals surface area contributed by atoms with Gasteiger partial charge in [0.2, 0.25) is 0 Å². The van der Waals surface area contributed by atoms with Crippen LogP contribution < -0.4 is 0 Å². The van der Waals surface area contributed by atoms with Crippen LogP contribution in [-0.4, -0.2) is 15.0 Å². The van der Waals surface area contributed by atoms with Crippen molar-refractivity contribution in [2.24, 2.45) is 0 Å². The maximum atomic E-state index is 5.16. The van der Waals surface area contributed by atoms with Gasteiger partial charge in [-0.1, -0.05) is 158 Å². The first-order valence-corrected chi connectivity index (χ1v) is 17.2. The molecule has 7 aromatic carbocycles. The summed E-state index contributed by atoms with van der Waals surface area (Å²) in [6, 6.07) is 61.5. The van der Waals surface area contributed by atoms with E-state index in [1.54, 1.807) is 0 Å². The second-order valence-electron chi connectivity index (χ2n) is 12.0. The molecule has 0 radical (unpaired) electrons. The third kappa shape index (κ3) is 5.48. The summed E-state index contributed by atoms with van der Waals surface area (Å²) in [6.45, 7) is 0. The minimum Gasteiger partial charge on any atom is -0.208 e. The van der Waals surface area contributed by atoms with Crippen LogP contribution in [0.1, 0.15) is 0 Å². The highest BCUT2D eigenvalue weighted by Crippen LogP contribution is 2.38. The SMILES string of the molecule is c1ccc(-c2ccccc2-c2nc(-c3ccc(-c4ccc5sc6ccccc6c5c4)cc3)nc(-c3ccccc3-c3ccccc3)n2)cc1. The second-order valence-corrected chi connectivity index (χ2v) is 13.1. The number of hydrogen-bond donors (Lipinski definition) is 0. The minimum atomic E-state index is 0.636. The molecular formula is C45H29N3S. The molecular weight excluding hydrogens is 615 g/mol. The fraction of sp³-hybridized carbons (Fsp3) is 0. The van der Waals surface area contributed by atoms with E-state index in [0.717, 1.165) is 44.5 Å². The molecule has 2 heterocycles. The molecule has 0 aliphatic rings. The molecule has 9 aromatic rings. The molecule has 49 heavy (non-hydrogen) atoms. The van der Waals surface area contributed by atoms with Gasteiger partial charge in [-0.15, -0.1) is 11.3 Å². The van der Waals surface area contributed by atoms with Crippen molar-refractivity contribution in [3.05, 3.63) is 176 Å². The zero-order valence-electron chi connectivity index (χ0n) is 26.5. The van der Waals surface area contributed by atoms with Crippen LogP contribution in [0, 0.1) is 0 Å². The Kier molecular flexibility index (Phi) is 7.34. The van der Waals surface area contributed by atoms with E-state index in [0.29, 0.717) is 17.5 Å². The zero-order chi connectivity index (χ0) is 32.6. The van der Waals surface area contributed by atoms with Crippen LogP contribution >= 0.6 is 11.3 Å². The molecule has 0 bridgehead atoms. The topological polar surface area (TPSA) is 38.7 Å². The molecule has 0 aliphatic carbocycles. The number of fused-ring (bicyclic) bond motifs is 3. The van der Waals surface area contributed by atoms with Gasteiger partial charge < -0.3 is 0 Å². The van der Waals surface area contributed by atoms with E-state index in [2.05, 4.69) is 152 Å². The maximum absolute atomic E-state index is 5.16. The van der Waals surface area contributed by atoms with Crippen molar-refractivity contribution < 1.29 is 0 Å². The summed E-state index contributed by atoms with van der Waals surface area (Å²) in [5, 5.41) is 2.60. The summed E-state index contributed by atoms with van der Waals surface area (Å²) in [5.41, 5.74) is 9.59. The summed E-state index contributed by atoms with van der Waals surface area (Å²) >= 11 is 1.84. The molecule has 0 saturated carbocycles. The Morgan fingerprint density at radius 2 is 0.735 bits per heavy atom. The Balaban J connectivity index is 1.19. The van der Waals surface area contributed by atoms with Crippen molar-refractivity contribution in [1.82, 2.24) is 15.0 Å². The molecule has 3 nitrogen and oxygen atoms in total. The van der Waals surface area contributed by atoms with E-state index in [1.165, 1.54) is 25.7 Å². The number of benzene rings is 7. The van der Waals surface area contributed by atoms with Crippen molar-refractivity contribution in [3.8, 4) is 67.5 Å². The van der Waals surface area contributed by atoms with Gasteiger partial charge >= 0.3 is 0 Å². The first kappa shape index (κ1) is 29.0. The van der Waals surface area contributed by atoms with Crippen LogP contribution in [0.25, 0.3) is 87.7 Å². The Morgan fingerprint density at radius 1 is 0.286 bits per heavy atom. The predicted octanol–water partition coefficient (Wildman–Crippen LogP) is 12.2. The highest BCUT2D eigenvalue weighted by Gasteiger charge is 2.18. The number of nitrogens with zero attached hydrogens (tertiary/aromatic N) is 3. The highest BCUT2D eigenvalue weighted by atomic mass is 32.1. The average Bonchev–Trinajstić information content (AvgIpc) is 3.56. The monoisotopic (exact) mass is 643 g/mol. The summed E-state index contributed by atoms with van der Waals surface area (Å²) < 4.78 is 2.62. The van der Waals surface area contributed by atoms with E-state index in [1.807, 2.05) is 35.6 Å². The lowest BCUT2D eigenvalue weighted by molar-refractivity contribution is 1.07. The lowest BCUT2D eigenvalue weighted by atomic mass is 9.98. The van der Waals surface area contributed by atoms with Gasteiger partial charge in [0.15, 0.2) is 17.5 Å². The Labute approximate surface area is 288 Å². The van der Waals surface area contributed by atoms with Gasteiger partial charge in [-0.3, -0.25) is 0 Å². The first-order chi connectivity index (χ1) is 24.3. The molecule has 0 amide bonds. The van der Waals surface area contributed by atoms with Gasteiger partial charge in [0, 0.05) is 36.9 Å². The van der Waals surface area contributed by atoms with Crippen LogP contribution in [0.5, 0.6) is 0 Å². The molecule has 9 rings (SSSR count). The molecule has 2 aromatic heterocycles. The van der Waals surface area contributed by atoms with E-state index in [-0.39, 0.29) is 0 Å². The van der Waals surface area contributed by atoms with Crippen LogP contribution in [-0.2, 0) is 0 Å². The van der Waals surface area contributed by atoms with Gasteiger partial charge in [-0.05, 0) is 51.6 Å². The third-order valence-corrected chi connectivity index (χ3v) is 10.1. The van der Waals surface area contributed by atoms with E-state index in [9.17, 15) is 0 Å². The van der Waals surface area contributed by atoms with Crippen molar-refractivity contribution in [2.75, 3.05) is 0 Å². The van der Waals surface area contributed by atoms with Gasteiger partial charge in [0.1, 0.15) is 0 Å². The maximum Gasteiger partial charge on any atom is 0.164 e. The summed E-state index contributed by atoms with van der Waals surface area (Å²) in [4.78, 5) is 15.4. The van der Waals surface area contributed by atoms with Crippen molar-refractivity contribution in [1.29, 1.82) is 0 Å². The molecule has 0 saturated heterocycles. The second kappa shape index (κ2) is 12.4. The first-order valence-electron chi connectivity index (χ1n) is 16.4. The molecule has 0 spiro atoms. The van der Waals surface area contributed by atoms with E-state index >= 15 is 0 Å². The number of thiophene rings is 1. The fourth-order valence-electron chi connectivity index (χ4n) is 6.56. The molecule has 4 heteroatoms. The third-order valence-electron chi connectivity index (χ3n) is 8.99. The Bertz CT molecular complexity index is 2490. The van der Waals surface area contributed by atoms with Crippen molar-refractivity contribution in [2.45, 2.75) is 0 Å². The van der Waals surface area contributed by atoms with E-state index < -0.39 is 0 Å². The predicted molar refractivity (Wildman–Crippen MR) is 205 cm³/mol. The Hall–Kier alpha value is -6.23. The molecule has 0 aliphatic heterocycles. The summed E-state index contributed by atoms with van der Waals surface area (Å²) in [5.74, 6) is 1.92. The lowest BCUT2D eigenvalue weighted by Crippen LogP contribution is -2.02. The van der Waals surface area contributed by atoms with Crippen LogP contribution in [0.2, 0.25) is 0 Å². The molecule has 0 atom stereocenters. The summed E-state index contributed by atoms with van der Waals surface area (Å²) in [7, 11) is 0. The van der Waals surface area contributed by atoms with E-state index in [4.69, 9.17) is 15.0 Å². The quantitative estimate of drug-likeness (QED) is 0.181. The zero-order valence-corrected chi connectivity index (χ0v) is 27.3. The van der Waals surface area contributed by atoms with Crippen LogP contribution in [0.15, 0.2) is 176 Å². The number of aromatic nitrogens is 3. The molecule has 230 valence electrons. The van der Waals surface area contributed by atoms with Gasteiger partial charge in [-0.25, -0.2) is 15.0 Å². The van der Waals surface area contributed by atoms with Crippen molar-refractivity contribution in [3.63, 3.8) is 0 Å². The Morgan fingerprint density at radius 3 is 1.35 bits per heavy atom. The molecule has 0 N–H and O–H groups in total. The fourth-order valence-corrected chi connectivity index (χ4v) is 7.64. The summed E-state index contributed by atoms with van der Waals surface area (Å²) in [6.07, 6.45) is 0. The normalized spacial score (nSPS) is 11.3. The number of rotatable bonds is 6. The lowest BCUT2D eigenvalue weighted by Gasteiger charge is -2.14. The van der Waals surface area contributed by atoms with Gasteiger partial charge in [0.25, 0.3) is 0 Å². The van der Waals surface area contributed by atoms with Gasteiger partial charge in [-0.2, -0.15) is 0 Å². The number of hydrogen-bond acceptors (Lipinski definition) is 4. The largest absolute Gasteiger partial charge is 0.208 e. The van der Waals surface area contributed by atoms with Crippen molar-refractivity contribution >= 4 is 31.5 Å². The van der Waals surface area contributed by atoms with Crippen LogP contribution in [0.3, 0.4) is 0 Å². The van der Waals surface area contributed by atoms with Crippen LogP contribution in [0.4, 0.5) is 0 Å². The minimum absolute atomic E-state index is 0.636. The highest BCUT2D eigenvalue weighted by molar-refractivity contribution is 7.25. The molecule has 0 fully saturated rings. The average molecular weight is 644 g/mol. The smallest absolute Gasteiger partial charge is 0.164 e.